The number of nitrogens with zero attached hydrogens (tertiary/aromatic N) is 3. The van der Waals surface area contributed by atoms with Gasteiger partial charge in [0.15, 0.2) is 11.5 Å². The lowest BCUT2D eigenvalue weighted by molar-refractivity contribution is 0.174. The number of para-hydroxylation sites is 1. The second-order valence-corrected chi connectivity index (χ2v) is 7.04. The second-order valence-electron chi connectivity index (χ2n) is 7.04. The molecule has 4 aromatic rings. The van der Waals surface area contributed by atoms with Crippen LogP contribution in [0.25, 0.3) is 16.6 Å². The highest BCUT2D eigenvalue weighted by Crippen LogP contribution is 2.34. The van der Waals surface area contributed by atoms with Crippen molar-refractivity contribution in [2.24, 2.45) is 5.10 Å². The zero-order valence-corrected chi connectivity index (χ0v) is 16.4. The quantitative estimate of drug-likeness (QED) is 0.534. The van der Waals surface area contributed by atoms with E-state index < -0.39 is 11.2 Å². The largest absolute Gasteiger partial charge is 0.454 e. The number of benzene rings is 2. The van der Waals surface area contributed by atoms with Gasteiger partial charge in [0.1, 0.15) is 0 Å². The first kappa shape index (κ1) is 18.0. The number of hydrogen-bond acceptors (Lipinski definition) is 5. The molecule has 3 heterocycles. The summed E-state index contributed by atoms with van der Waals surface area (Å²) in [5.41, 5.74) is 3.06. The molecular weight excluding hydrogens is 384 g/mol. The van der Waals surface area contributed by atoms with Gasteiger partial charge in [0.05, 0.1) is 17.1 Å². The van der Waals surface area contributed by atoms with E-state index in [1.54, 1.807) is 24.3 Å². The Morgan fingerprint density at radius 1 is 1.03 bits per heavy atom. The van der Waals surface area contributed by atoms with Crippen molar-refractivity contribution in [3.05, 3.63) is 86.3 Å². The Morgan fingerprint density at radius 2 is 1.83 bits per heavy atom. The predicted octanol–water partition coefficient (Wildman–Crippen LogP) is 2.71. The molecule has 0 bridgehead atoms. The number of aromatic amines is 1. The van der Waals surface area contributed by atoms with Gasteiger partial charge in [-0.3, -0.25) is 4.79 Å². The van der Waals surface area contributed by atoms with Gasteiger partial charge in [-0.15, -0.1) is 4.68 Å². The molecule has 5 rings (SSSR count). The van der Waals surface area contributed by atoms with Crippen LogP contribution in [0.15, 0.2) is 63.2 Å². The van der Waals surface area contributed by atoms with Gasteiger partial charge in [-0.2, -0.15) is 5.10 Å². The number of ether oxygens (including phenoxy) is 2. The van der Waals surface area contributed by atoms with E-state index in [2.05, 4.69) is 14.7 Å². The highest BCUT2D eigenvalue weighted by molar-refractivity contribution is 5.82. The van der Waals surface area contributed by atoms with Crippen molar-refractivity contribution in [3.63, 3.8) is 0 Å². The van der Waals surface area contributed by atoms with Crippen molar-refractivity contribution in [1.29, 1.82) is 0 Å². The van der Waals surface area contributed by atoms with Crippen LogP contribution in [0.2, 0.25) is 0 Å². The molecule has 1 aliphatic rings. The molecule has 0 fully saturated rings. The number of fused-ring (bicyclic) bond motifs is 2. The summed E-state index contributed by atoms with van der Waals surface area (Å²) < 4.78 is 13.7. The molecule has 2 aromatic heterocycles. The molecule has 8 nitrogen and oxygen atoms in total. The molecule has 0 aliphatic carbocycles. The minimum Gasteiger partial charge on any atom is -0.454 e. The second kappa shape index (κ2) is 6.77. The van der Waals surface area contributed by atoms with E-state index >= 15 is 0 Å². The van der Waals surface area contributed by atoms with Crippen molar-refractivity contribution in [1.82, 2.24) is 14.2 Å². The summed E-state index contributed by atoms with van der Waals surface area (Å²) in [7, 11) is 0. The Bertz CT molecular complexity index is 1440. The van der Waals surface area contributed by atoms with Gasteiger partial charge in [-0.25, -0.2) is 4.79 Å². The SMILES string of the molecule is Cc1cc(C=Nn2c(=O)[nH]c3ccccc3c2=O)c(C)n1-c1ccc2c(c1)OCO2. The number of rotatable bonds is 3. The summed E-state index contributed by atoms with van der Waals surface area (Å²) in [6, 6.07) is 14.5. The molecule has 0 atom stereocenters. The minimum atomic E-state index is -0.584. The van der Waals surface area contributed by atoms with Crippen LogP contribution in [0.1, 0.15) is 17.0 Å². The molecular formula is C22H18N4O4. The third-order valence-electron chi connectivity index (χ3n) is 5.18. The molecule has 1 aliphatic heterocycles. The summed E-state index contributed by atoms with van der Waals surface area (Å²) >= 11 is 0. The lowest BCUT2D eigenvalue weighted by Gasteiger charge is -2.10. The number of nitrogens with one attached hydrogen (secondary N) is 1. The van der Waals surface area contributed by atoms with Gasteiger partial charge in [-0.05, 0) is 44.2 Å². The molecule has 1 N–H and O–H groups in total. The monoisotopic (exact) mass is 402 g/mol. The van der Waals surface area contributed by atoms with Crippen LogP contribution in [0.4, 0.5) is 0 Å². The Labute approximate surface area is 170 Å². The standard InChI is InChI=1S/C22H18N4O4/c1-13-9-15(14(2)25(13)16-7-8-19-20(10-16)30-12-29-19)11-23-26-21(27)17-5-3-4-6-18(17)24-22(26)28/h3-11H,12H2,1-2H3,(H,24,28). The van der Waals surface area contributed by atoms with Gasteiger partial charge in [0.25, 0.3) is 5.56 Å². The first-order valence-electron chi connectivity index (χ1n) is 9.40. The van der Waals surface area contributed by atoms with Crippen LogP contribution in [0, 0.1) is 13.8 Å². The lowest BCUT2D eigenvalue weighted by Crippen LogP contribution is -2.32. The maximum atomic E-state index is 12.7. The fourth-order valence-corrected chi connectivity index (χ4v) is 3.72. The fraction of sp³-hybridized carbons (Fsp3) is 0.136. The summed E-state index contributed by atoms with van der Waals surface area (Å²) in [5, 5.41) is 4.57. The molecule has 0 radical (unpaired) electrons. The Kier molecular flexibility index (Phi) is 4.06. The Hall–Kier alpha value is -4.07. The minimum absolute atomic E-state index is 0.218. The van der Waals surface area contributed by atoms with Gasteiger partial charge in [0, 0.05) is 28.7 Å². The van der Waals surface area contributed by atoms with Crippen molar-refractivity contribution in [2.75, 3.05) is 6.79 Å². The first-order chi connectivity index (χ1) is 14.5. The van der Waals surface area contributed by atoms with E-state index in [1.807, 2.05) is 38.1 Å². The van der Waals surface area contributed by atoms with Crippen molar-refractivity contribution >= 4 is 17.1 Å². The van der Waals surface area contributed by atoms with Crippen LogP contribution >= 0.6 is 0 Å². The zero-order valence-electron chi connectivity index (χ0n) is 16.4. The van der Waals surface area contributed by atoms with Crippen molar-refractivity contribution in [2.45, 2.75) is 13.8 Å². The van der Waals surface area contributed by atoms with Gasteiger partial charge in [-0.1, -0.05) is 12.1 Å². The zero-order chi connectivity index (χ0) is 20.8. The van der Waals surface area contributed by atoms with Crippen LogP contribution < -0.4 is 20.7 Å². The molecule has 0 amide bonds. The lowest BCUT2D eigenvalue weighted by atomic mass is 10.2. The molecule has 0 saturated carbocycles. The third kappa shape index (κ3) is 2.81. The molecule has 150 valence electrons. The van der Waals surface area contributed by atoms with Crippen LogP contribution in [-0.4, -0.2) is 27.2 Å². The number of aryl methyl sites for hydroxylation is 1. The normalized spacial score (nSPS) is 12.9. The Balaban J connectivity index is 1.56. The maximum absolute atomic E-state index is 12.7. The van der Waals surface area contributed by atoms with E-state index in [9.17, 15) is 9.59 Å². The van der Waals surface area contributed by atoms with E-state index in [1.165, 1.54) is 6.21 Å². The number of aromatic nitrogens is 3. The van der Waals surface area contributed by atoms with Gasteiger partial charge >= 0.3 is 5.69 Å². The third-order valence-corrected chi connectivity index (χ3v) is 5.18. The van der Waals surface area contributed by atoms with E-state index in [0.29, 0.717) is 16.7 Å². The summed E-state index contributed by atoms with van der Waals surface area (Å²) in [6.07, 6.45) is 1.53. The molecule has 0 unspecified atom stereocenters. The molecule has 0 spiro atoms. The van der Waals surface area contributed by atoms with Gasteiger partial charge < -0.3 is 19.0 Å². The summed E-state index contributed by atoms with van der Waals surface area (Å²) in [5.74, 6) is 1.42. The van der Waals surface area contributed by atoms with E-state index in [-0.39, 0.29) is 6.79 Å². The molecule has 2 aromatic carbocycles. The van der Waals surface area contributed by atoms with Crippen molar-refractivity contribution in [3.8, 4) is 17.2 Å². The predicted molar refractivity (Wildman–Crippen MR) is 113 cm³/mol. The van der Waals surface area contributed by atoms with E-state index in [4.69, 9.17) is 9.47 Å². The summed E-state index contributed by atoms with van der Waals surface area (Å²) in [4.78, 5) is 27.7. The average Bonchev–Trinajstić information content (AvgIpc) is 3.31. The average molecular weight is 402 g/mol. The molecule has 8 heteroatoms. The van der Waals surface area contributed by atoms with Crippen molar-refractivity contribution < 1.29 is 9.47 Å². The van der Waals surface area contributed by atoms with Crippen LogP contribution in [0.3, 0.4) is 0 Å². The number of H-pyrrole nitrogens is 1. The van der Waals surface area contributed by atoms with Crippen LogP contribution in [-0.2, 0) is 0 Å². The smallest absolute Gasteiger partial charge is 0.349 e. The first-order valence-corrected chi connectivity index (χ1v) is 9.40. The maximum Gasteiger partial charge on any atom is 0.349 e. The topological polar surface area (TPSA) is 90.6 Å². The van der Waals surface area contributed by atoms with Crippen LogP contribution in [0.5, 0.6) is 11.5 Å². The fourth-order valence-electron chi connectivity index (χ4n) is 3.72. The van der Waals surface area contributed by atoms with E-state index in [0.717, 1.165) is 33.1 Å². The molecule has 0 saturated heterocycles. The Morgan fingerprint density at radius 3 is 2.70 bits per heavy atom. The van der Waals surface area contributed by atoms with Gasteiger partial charge in [0.2, 0.25) is 6.79 Å². The number of hydrogen-bond donors (Lipinski definition) is 1. The molecule has 30 heavy (non-hydrogen) atoms. The highest BCUT2D eigenvalue weighted by Gasteiger charge is 2.16. The highest BCUT2D eigenvalue weighted by atomic mass is 16.7. The summed E-state index contributed by atoms with van der Waals surface area (Å²) in [6.45, 7) is 4.14.